The molecular formula is C14H19N4O10PS. The number of nitrogens with two attached hydrogens (primary N) is 1. The maximum Gasteiger partial charge on any atom is 0.469 e. The highest BCUT2D eigenvalue weighted by atomic mass is 32.2. The number of phosphoric acid groups is 1. The molecule has 1 aliphatic rings. The van der Waals surface area contributed by atoms with Crippen molar-refractivity contribution in [3.05, 3.63) is 30.5 Å². The number of aliphatic hydroxyl groups is 3. The molecule has 1 aromatic carbocycles. The molecule has 16 heteroatoms. The Morgan fingerprint density at radius 1 is 1.13 bits per heavy atom. The van der Waals surface area contributed by atoms with Crippen molar-refractivity contribution in [2.75, 3.05) is 6.61 Å². The molecule has 7 N–H and O–H groups in total. The summed E-state index contributed by atoms with van der Waals surface area (Å²) in [6.07, 6.45) is -6.48. The maximum absolute atomic E-state index is 11.3. The molecule has 1 aromatic heterocycles. The molecule has 5 atom stereocenters. The van der Waals surface area contributed by atoms with Crippen LogP contribution < -0.4 is 5.14 Å². The molecule has 0 saturated carbocycles. The number of hydrogen-bond acceptors (Lipinski definition) is 10. The lowest BCUT2D eigenvalue weighted by molar-refractivity contribution is -0.253. The highest BCUT2D eigenvalue weighted by molar-refractivity contribution is 7.89. The van der Waals surface area contributed by atoms with Crippen LogP contribution in [0.5, 0.6) is 0 Å². The first-order valence-corrected chi connectivity index (χ1v) is 11.4. The summed E-state index contributed by atoms with van der Waals surface area (Å²) in [6.45, 7) is -0.762. The number of ether oxygens (including phenoxy) is 1. The van der Waals surface area contributed by atoms with E-state index in [1.54, 1.807) is 0 Å². The van der Waals surface area contributed by atoms with Crippen LogP contribution in [0.1, 0.15) is 6.23 Å². The first-order valence-electron chi connectivity index (χ1n) is 8.31. The van der Waals surface area contributed by atoms with E-state index in [0.29, 0.717) is 5.56 Å². The molecule has 0 bridgehead atoms. The van der Waals surface area contributed by atoms with Crippen molar-refractivity contribution < 1.29 is 47.3 Å². The minimum Gasteiger partial charge on any atom is -0.387 e. The van der Waals surface area contributed by atoms with Crippen molar-refractivity contribution in [1.29, 1.82) is 0 Å². The molecule has 0 amide bonds. The van der Waals surface area contributed by atoms with Gasteiger partial charge in [0, 0.05) is 5.56 Å². The fraction of sp³-hybridized carbons (Fsp3) is 0.429. The van der Waals surface area contributed by atoms with Crippen LogP contribution in [0.15, 0.2) is 35.4 Å². The fourth-order valence-corrected chi connectivity index (χ4v) is 3.66. The Hall–Kier alpha value is -1.78. The highest BCUT2D eigenvalue weighted by Gasteiger charge is 2.45. The SMILES string of the molecule is NS(=O)(=O)c1ccc(-c2cn([C@@H]3O[C@H](COP(=O)(O)O)[C@@H](O)[C@H](O)[C@H]3O)nn2)cc1. The predicted molar refractivity (Wildman–Crippen MR) is 96.8 cm³/mol. The third-order valence-electron chi connectivity index (χ3n) is 4.34. The molecular weight excluding hydrogens is 447 g/mol. The van der Waals surface area contributed by atoms with E-state index in [0.717, 1.165) is 4.68 Å². The molecule has 14 nitrogen and oxygen atoms in total. The second kappa shape index (κ2) is 8.39. The molecule has 2 heterocycles. The largest absolute Gasteiger partial charge is 0.469 e. The average molecular weight is 466 g/mol. The Bertz CT molecular complexity index is 1040. The number of nitrogens with zero attached hydrogens (tertiary/aromatic N) is 3. The van der Waals surface area contributed by atoms with Crippen molar-refractivity contribution in [1.82, 2.24) is 15.0 Å². The van der Waals surface area contributed by atoms with E-state index >= 15 is 0 Å². The Morgan fingerprint density at radius 2 is 1.77 bits per heavy atom. The van der Waals surface area contributed by atoms with Crippen LogP contribution in [-0.4, -0.2) is 79.5 Å². The van der Waals surface area contributed by atoms with Crippen LogP contribution in [0.4, 0.5) is 0 Å². The maximum atomic E-state index is 11.3. The molecule has 0 spiro atoms. The molecule has 166 valence electrons. The molecule has 2 aromatic rings. The zero-order valence-electron chi connectivity index (χ0n) is 15.0. The minimum atomic E-state index is -4.86. The smallest absolute Gasteiger partial charge is 0.387 e. The monoisotopic (exact) mass is 466 g/mol. The predicted octanol–water partition coefficient (Wildman–Crippen LogP) is -2.32. The summed E-state index contributed by atoms with van der Waals surface area (Å²) in [5, 5.41) is 43.0. The van der Waals surface area contributed by atoms with Gasteiger partial charge in [-0.15, -0.1) is 5.10 Å². The van der Waals surface area contributed by atoms with Gasteiger partial charge in [-0.1, -0.05) is 17.3 Å². The van der Waals surface area contributed by atoms with Crippen LogP contribution in [0, 0.1) is 0 Å². The highest BCUT2D eigenvalue weighted by Crippen LogP contribution is 2.38. The fourth-order valence-electron chi connectivity index (χ4n) is 2.81. The van der Waals surface area contributed by atoms with Gasteiger partial charge in [0.25, 0.3) is 0 Å². The summed E-state index contributed by atoms with van der Waals surface area (Å²) in [7, 11) is -8.73. The molecule has 1 fully saturated rings. The Labute approximate surface area is 169 Å². The lowest BCUT2D eigenvalue weighted by Crippen LogP contribution is -2.56. The summed E-state index contributed by atoms with van der Waals surface area (Å²) >= 11 is 0. The van der Waals surface area contributed by atoms with Crippen LogP contribution in [0.25, 0.3) is 11.3 Å². The van der Waals surface area contributed by atoms with Crippen LogP contribution in [0.2, 0.25) is 0 Å². The Balaban J connectivity index is 1.81. The van der Waals surface area contributed by atoms with Gasteiger partial charge in [-0.05, 0) is 12.1 Å². The normalized spacial score (nSPS) is 27.9. The van der Waals surface area contributed by atoms with Gasteiger partial charge < -0.3 is 29.8 Å². The quantitative estimate of drug-likeness (QED) is 0.247. The molecule has 0 radical (unpaired) electrons. The molecule has 1 aliphatic heterocycles. The molecule has 0 unspecified atom stereocenters. The minimum absolute atomic E-state index is 0.102. The first-order chi connectivity index (χ1) is 13.9. The summed E-state index contributed by atoms with van der Waals surface area (Å²) in [4.78, 5) is 17.5. The lowest BCUT2D eigenvalue weighted by Gasteiger charge is -2.40. The van der Waals surface area contributed by atoms with Gasteiger partial charge in [0.1, 0.15) is 30.1 Å². The van der Waals surface area contributed by atoms with Gasteiger partial charge in [-0.3, -0.25) is 4.52 Å². The standard InChI is InChI=1S/C14H19N4O10PS/c15-30(25,26)8-3-1-7(2-4-8)9-5-18(17-16-9)14-13(21)12(20)11(19)10(28-14)6-27-29(22,23)24/h1-5,10-14,19-21H,6H2,(H2,15,25,26)(H2,22,23,24)/t10-,11-,12+,13-,14-/m1/s1. The van der Waals surface area contributed by atoms with Crippen LogP contribution in [0.3, 0.4) is 0 Å². The van der Waals surface area contributed by atoms with Crippen molar-refractivity contribution in [2.24, 2.45) is 5.14 Å². The van der Waals surface area contributed by atoms with Crippen molar-refractivity contribution >= 4 is 17.8 Å². The van der Waals surface area contributed by atoms with E-state index in [-0.39, 0.29) is 10.6 Å². The number of aromatic nitrogens is 3. The van der Waals surface area contributed by atoms with Gasteiger partial charge in [0.2, 0.25) is 10.0 Å². The van der Waals surface area contributed by atoms with Gasteiger partial charge in [0.15, 0.2) is 6.23 Å². The topological polar surface area (TPSA) is 228 Å². The lowest BCUT2D eigenvalue weighted by atomic mass is 9.98. The van der Waals surface area contributed by atoms with E-state index in [4.69, 9.17) is 19.7 Å². The summed E-state index contributed by atoms with van der Waals surface area (Å²) in [6, 6.07) is 5.40. The van der Waals surface area contributed by atoms with Crippen LogP contribution >= 0.6 is 7.82 Å². The summed E-state index contributed by atoms with van der Waals surface area (Å²) in [5.74, 6) is 0. The number of primary sulfonamides is 1. The average Bonchev–Trinajstić information content (AvgIpc) is 3.14. The third kappa shape index (κ3) is 5.09. The molecule has 0 aliphatic carbocycles. The zero-order chi connectivity index (χ0) is 22.3. The third-order valence-corrected chi connectivity index (χ3v) is 5.76. The molecule has 1 saturated heterocycles. The Morgan fingerprint density at radius 3 is 2.33 bits per heavy atom. The number of sulfonamides is 1. The van der Waals surface area contributed by atoms with Crippen LogP contribution in [-0.2, 0) is 23.8 Å². The number of hydrogen-bond donors (Lipinski definition) is 6. The second-order valence-electron chi connectivity index (χ2n) is 6.48. The van der Waals surface area contributed by atoms with E-state index in [2.05, 4.69) is 14.8 Å². The van der Waals surface area contributed by atoms with E-state index < -0.39 is 55.1 Å². The van der Waals surface area contributed by atoms with Gasteiger partial charge in [0.05, 0.1) is 17.7 Å². The van der Waals surface area contributed by atoms with Crippen molar-refractivity contribution in [3.8, 4) is 11.3 Å². The van der Waals surface area contributed by atoms with Gasteiger partial charge >= 0.3 is 7.82 Å². The number of rotatable bonds is 6. The van der Waals surface area contributed by atoms with Crippen molar-refractivity contribution in [2.45, 2.75) is 35.5 Å². The zero-order valence-corrected chi connectivity index (χ0v) is 16.7. The Kier molecular flexibility index (Phi) is 6.41. The van der Waals surface area contributed by atoms with Gasteiger partial charge in [-0.25, -0.2) is 22.8 Å². The number of aliphatic hydroxyl groups excluding tert-OH is 3. The summed E-state index contributed by atoms with van der Waals surface area (Å²) < 4.78 is 44.3. The first kappa shape index (κ1) is 22.9. The molecule has 30 heavy (non-hydrogen) atoms. The van der Waals surface area contributed by atoms with E-state index in [9.17, 15) is 28.3 Å². The number of phosphoric ester groups is 1. The van der Waals surface area contributed by atoms with E-state index in [1.165, 1.54) is 30.5 Å². The van der Waals surface area contributed by atoms with Crippen molar-refractivity contribution in [3.63, 3.8) is 0 Å². The van der Waals surface area contributed by atoms with Gasteiger partial charge in [-0.2, -0.15) is 0 Å². The second-order valence-corrected chi connectivity index (χ2v) is 9.28. The summed E-state index contributed by atoms with van der Waals surface area (Å²) in [5.41, 5.74) is 0.719. The van der Waals surface area contributed by atoms with E-state index in [1.807, 2.05) is 0 Å². The molecule has 3 rings (SSSR count). The number of benzene rings is 1.